The van der Waals surface area contributed by atoms with E-state index in [1.165, 1.54) is 0 Å². The molecule has 1 amide bonds. The average molecular weight is 217 g/mol. The standard InChI is InChI=1S/C12H15N3O/c1-8(2)12(16)13-10-5-4-9-7-15(3)14-11(9)6-10/h4-8H,1-3H3,(H,13,16). The Morgan fingerprint density at radius 3 is 2.88 bits per heavy atom. The molecule has 0 aliphatic rings. The minimum absolute atomic E-state index is 0.0144. The molecule has 1 heterocycles. The van der Waals surface area contributed by atoms with Gasteiger partial charge in [0.2, 0.25) is 5.91 Å². The van der Waals surface area contributed by atoms with E-state index in [9.17, 15) is 4.79 Å². The molecular formula is C12H15N3O. The Morgan fingerprint density at radius 2 is 2.19 bits per heavy atom. The number of fused-ring (bicyclic) bond motifs is 1. The van der Waals surface area contributed by atoms with Gasteiger partial charge in [0.25, 0.3) is 0 Å². The van der Waals surface area contributed by atoms with Crippen LogP contribution in [0.1, 0.15) is 13.8 Å². The zero-order valence-electron chi connectivity index (χ0n) is 9.69. The van der Waals surface area contributed by atoms with Gasteiger partial charge < -0.3 is 5.32 Å². The van der Waals surface area contributed by atoms with Crippen LogP contribution in [0.15, 0.2) is 24.4 Å². The first-order chi connectivity index (χ1) is 7.56. The highest BCUT2D eigenvalue weighted by Crippen LogP contribution is 2.17. The summed E-state index contributed by atoms with van der Waals surface area (Å²) in [5.41, 5.74) is 1.69. The van der Waals surface area contributed by atoms with E-state index in [0.29, 0.717) is 0 Å². The second kappa shape index (κ2) is 3.96. The molecule has 0 atom stereocenters. The van der Waals surface area contributed by atoms with Crippen molar-refractivity contribution >= 4 is 22.5 Å². The van der Waals surface area contributed by atoms with Crippen LogP contribution in [0.3, 0.4) is 0 Å². The van der Waals surface area contributed by atoms with Gasteiger partial charge in [0.1, 0.15) is 0 Å². The van der Waals surface area contributed by atoms with Gasteiger partial charge in [-0.1, -0.05) is 13.8 Å². The van der Waals surface area contributed by atoms with Crippen LogP contribution >= 0.6 is 0 Å². The molecule has 0 radical (unpaired) electrons. The van der Waals surface area contributed by atoms with Gasteiger partial charge in [-0.25, -0.2) is 0 Å². The van der Waals surface area contributed by atoms with Crippen molar-refractivity contribution in [3.8, 4) is 0 Å². The molecule has 0 saturated heterocycles. The topological polar surface area (TPSA) is 46.9 Å². The second-order valence-corrected chi connectivity index (χ2v) is 4.22. The molecule has 16 heavy (non-hydrogen) atoms. The Kier molecular flexibility index (Phi) is 2.64. The molecular weight excluding hydrogens is 202 g/mol. The molecule has 0 saturated carbocycles. The van der Waals surface area contributed by atoms with E-state index in [0.717, 1.165) is 16.6 Å². The van der Waals surface area contributed by atoms with Gasteiger partial charge in [-0.3, -0.25) is 9.48 Å². The fourth-order valence-electron chi connectivity index (χ4n) is 1.50. The van der Waals surface area contributed by atoms with Crippen molar-refractivity contribution in [2.75, 3.05) is 5.32 Å². The van der Waals surface area contributed by atoms with Crippen molar-refractivity contribution < 1.29 is 4.79 Å². The van der Waals surface area contributed by atoms with E-state index >= 15 is 0 Å². The summed E-state index contributed by atoms with van der Waals surface area (Å²) in [6.45, 7) is 3.74. The van der Waals surface area contributed by atoms with E-state index in [-0.39, 0.29) is 11.8 Å². The second-order valence-electron chi connectivity index (χ2n) is 4.22. The van der Waals surface area contributed by atoms with Gasteiger partial charge in [-0.2, -0.15) is 5.10 Å². The molecule has 1 aromatic carbocycles. The SMILES string of the molecule is CC(C)C(=O)Nc1ccc2cn(C)nc2c1. The van der Waals surface area contributed by atoms with Crippen molar-refractivity contribution in [1.29, 1.82) is 0 Å². The smallest absolute Gasteiger partial charge is 0.226 e. The van der Waals surface area contributed by atoms with Crippen LogP contribution in [-0.4, -0.2) is 15.7 Å². The maximum absolute atomic E-state index is 11.5. The van der Waals surface area contributed by atoms with Crippen LogP contribution in [0.4, 0.5) is 5.69 Å². The molecule has 1 N–H and O–H groups in total. The normalized spacial score (nSPS) is 11.0. The number of nitrogens with one attached hydrogen (secondary N) is 1. The highest BCUT2D eigenvalue weighted by atomic mass is 16.1. The third kappa shape index (κ3) is 2.05. The summed E-state index contributed by atoms with van der Waals surface area (Å²) in [6, 6.07) is 5.73. The number of carbonyl (C=O) groups is 1. The monoisotopic (exact) mass is 217 g/mol. The summed E-state index contributed by atoms with van der Waals surface area (Å²) in [5.74, 6) is 0.00899. The number of anilines is 1. The van der Waals surface area contributed by atoms with Crippen LogP contribution in [-0.2, 0) is 11.8 Å². The first-order valence-corrected chi connectivity index (χ1v) is 5.30. The molecule has 0 bridgehead atoms. The number of amides is 1. The molecule has 4 heteroatoms. The van der Waals surface area contributed by atoms with E-state index in [1.807, 2.05) is 45.3 Å². The van der Waals surface area contributed by atoms with Crippen LogP contribution in [0.2, 0.25) is 0 Å². The number of carbonyl (C=O) groups excluding carboxylic acids is 1. The zero-order chi connectivity index (χ0) is 11.7. The molecule has 0 fully saturated rings. The van der Waals surface area contributed by atoms with Gasteiger partial charge >= 0.3 is 0 Å². The molecule has 0 spiro atoms. The Morgan fingerprint density at radius 1 is 1.44 bits per heavy atom. The van der Waals surface area contributed by atoms with Crippen LogP contribution in [0.5, 0.6) is 0 Å². The first-order valence-electron chi connectivity index (χ1n) is 5.30. The Hall–Kier alpha value is -1.84. The predicted molar refractivity (Wildman–Crippen MR) is 64.2 cm³/mol. The minimum atomic E-state index is -0.0144. The first kappa shape index (κ1) is 10.7. The highest BCUT2D eigenvalue weighted by Gasteiger charge is 2.07. The van der Waals surface area contributed by atoms with Crippen LogP contribution < -0.4 is 5.32 Å². The molecule has 84 valence electrons. The molecule has 2 rings (SSSR count). The lowest BCUT2D eigenvalue weighted by Gasteiger charge is -2.06. The van der Waals surface area contributed by atoms with E-state index < -0.39 is 0 Å². The average Bonchev–Trinajstić information content (AvgIpc) is 2.57. The van der Waals surface area contributed by atoms with Crippen molar-refractivity contribution in [2.45, 2.75) is 13.8 Å². The highest BCUT2D eigenvalue weighted by molar-refractivity contribution is 5.94. The molecule has 0 aliphatic carbocycles. The lowest BCUT2D eigenvalue weighted by atomic mass is 10.2. The summed E-state index contributed by atoms with van der Waals surface area (Å²) in [4.78, 5) is 11.5. The minimum Gasteiger partial charge on any atom is -0.326 e. The number of hydrogen-bond acceptors (Lipinski definition) is 2. The van der Waals surface area contributed by atoms with Gasteiger partial charge in [0, 0.05) is 30.2 Å². The number of nitrogens with zero attached hydrogens (tertiary/aromatic N) is 2. The van der Waals surface area contributed by atoms with Gasteiger partial charge in [0.15, 0.2) is 0 Å². The fraction of sp³-hybridized carbons (Fsp3) is 0.333. The lowest BCUT2D eigenvalue weighted by molar-refractivity contribution is -0.118. The number of hydrogen-bond donors (Lipinski definition) is 1. The summed E-state index contributed by atoms with van der Waals surface area (Å²) in [6.07, 6.45) is 1.95. The fourth-order valence-corrected chi connectivity index (χ4v) is 1.50. The van der Waals surface area contributed by atoms with Crippen molar-refractivity contribution in [3.05, 3.63) is 24.4 Å². The molecule has 2 aromatic rings. The third-order valence-electron chi connectivity index (χ3n) is 2.41. The van der Waals surface area contributed by atoms with E-state index in [2.05, 4.69) is 10.4 Å². The number of aryl methyl sites for hydroxylation is 1. The van der Waals surface area contributed by atoms with Crippen molar-refractivity contribution in [3.63, 3.8) is 0 Å². The van der Waals surface area contributed by atoms with Crippen molar-refractivity contribution in [2.24, 2.45) is 13.0 Å². The third-order valence-corrected chi connectivity index (χ3v) is 2.41. The number of aromatic nitrogens is 2. The quantitative estimate of drug-likeness (QED) is 0.838. The number of rotatable bonds is 2. The summed E-state index contributed by atoms with van der Waals surface area (Å²) in [5, 5.41) is 8.22. The Balaban J connectivity index is 2.29. The van der Waals surface area contributed by atoms with Crippen LogP contribution in [0.25, 0.3) is 10.9 Å². The summed E-state index contributed by atoms with van der Waals surface area (Å²) < 4.78 is 1.76. The Labute approximate surface area is 94.3 Å². The molecule has 4 nitrogen and oxygen atoms in total. The maximum Gasteiger partial charge on any atom is 0.226 e. The lowest BCUT2D eigenvalue weighted by Crippen LogP contribution is -2.17. The zero-order valence-corrected chi connectivity index (χ0v) is 9.69. The molecule has 0 aliphatic heterocycles. The van der Waals surface area contributed by atoms with E-state index in [1.54, 1.807) is 4.68 Å². The summed E-state index contributed by atoms with van der Waals surface area (Å²) in [7, 11) is 1.88. The van der Waals surface area contributed by atoms with Gasteiger partial charge in [-0.15, -0.1) is 0 Å². The Bertz CT molecular complexity index is 528. The maximum atomic E-state index is 11.5. The van der Waals surface area contributed by atoms with Gasteiger partial charge in [-0.05, 0) is 18.2 Å². The predicted octanol–water partition coefficient (Wildman–Crippen LogP) is 2.17. The number of benzene rings is 1. The van der Waals surface area contributed by atoms with Crippen molar-refractivity contribution in [1.82, 2.24) is 9.78 Å². The van der Waals surface area contributed by atoms with Crippen LogP contribution in [0, 0.1) is 5.92 Å². The molecule has 0 unspecified atom stereocenters. The largest absolute Gasteiger partial charge is 0.326 e. The molecule has 1 aromatic heterocycles. The van der Waals surface area contributed by atoms with Gasteiger partial charge in [0.05, 0.1) is 5.52 Å². The van der Waals surface area contributed by atoms with E-state index in [4.69, 9.17) is 0 Å². The summed E-state index contributed by atoms with van der Waals surface area (Å²) >= 11 is 0.